The molecule has 1 fully saturated rings. The number of nitrogens with zero attached hydrogens (tertiary/aromatic N) is 2. The van der Waals surface area contributed by atoms with E-state index in [1.54, 1.807) is 0 Å². The van der Waals surface area contributed by atoms with Gasteiger partial charge in [0.05, 0.1) is 15.6 Å². The number of nitro benzene ring substituents is 1. The first-order valence-electron chi connectivity index (χ1n) is 7.08. The van der Waals surface area contributed by atoms with Crippen LogP contribution < -0.4 is 5.32 Å². The molecule has 1 heterocycles. The summed E-state index contributed by atoms with van der Waals surface area (Å²) < 4.78 is 0. The fourth-order valence-electron chi connectivity index (χ4n) is 2.37. The number of likely N-dealkylation sites (tertiary alicyclic amines) is 1. The molecule has 0 radical (unpaired) electrons. The largest absolute Gasteiger partial charge is 0.349 e. The third-order valence-corrected chi connectivity index (χ3v) is 4.24. The van der Waals surface area contributed by atoms with E-state index in [0.717, 1.165) is 25.9 Å². The maximum absolute atomic E-state index is 10.8. The van der Waals surface area contributed by atoms with Gasteiger partial charge < -0.3 is 10.2 Å². The lowest BCUT2D eigenvalue weighted by atomic mass is 10.1. The highest BCUT2D eigenvalue weighted by molar-refractivity contribution is 7.80. The molecule has 0 amide bonds. The van der Waals surface area contributed by atoms with Gasteiger partial charge in [-0.25, -0.2) is 0 Å². The van der Waals surface area contributed by atoms with Crippen LogP contribution in [0.4, 0.5) is 11.4 Å². The maximum Gasteiger partial charge on any atom is 0.271 e. The lowest BCUT2D eigenvalue weighted by Gasteiger charge is -2.27. The SMILES string of the molecule is O=[N+]([O-])c1ccc(Cl)c(NC(=S)N2CCCCCCC2)c1. The topological polar surface area (TPSA) is 58.4 Å². The number of anilines is 1. The zero-order valence-electron chi connectivity index (χ0n) is 11.7. The molecule has 0 saturated carbocycles. The molecule has 1 aromatic rings. The average molecular weight is 328 g/mol. The second-order valence-electron chi connectivity index (χ2n) is 5.11. The van der Waals surface area contributed by atoms with Crippen molar-refractivity contribution in [3.05, 3.63) is 33.3 Å². The minimum Gasteiger partial charge on any atom is -0.349 e. The van der Waals surface area contributed by atoms with Crippen LogP contribution in [0.2, 0.25) is 5.02 Å². The molecule has 1 aliphatic rings. The maximum atomic E-state index is 10.8. The minimum absolute atomic E-state index is 0.00244. The third-order valence-electron chi connectivity index (χ3n) is 3.55. The van der Waals surface area contributed by atoms with Crippen LogP contribution in [-0.4, -0.2) is 28.0 Å². The molecular formula is C14H18ClN3O2S. The predicted octanol–water partition coefficient (Wildman–Crippen LogP) is 4.21. The zero-order valence-corrected chi connectivity index (χ0v) is 13.3. The number of thiocarbonyl (C=S) groups is 1. The van der Waals surface area contributed by atoms with E-state index in [9.17, 15) is 10.1 Å². The molecule has 1 N–H and O–H groups in total. The molecule has 21 heavy (non-hydrogen) atoms. The molecule has 0 aliphatic carbocycles. The van der Waals surface area contributed by atoms with Crippen LogP contribution in [-0.2, 0) is 0 Å². The predicted molar refractivity (Wildman–Crippen MR) is 89.0 cm³/mol. The second-order valence-corrected chi connectivity index (χ2v) is 5.90. The normalized spacial score (nSPS) is 16.0. The lowest BCUT2D eigenvalue weighted by Crippen LogP contribution is -2.37. The first-order valence-corrected chi connectivity index (χ1v) is 7.86. The standard InChI is InChI=1S/C14H18ClN3O2S/c15-12-7-6-11(18(19)20)10-13(12)16-14(21)17-8-4-2-1-3-5-9-17/h6-7,10H,1-5,8-9H2,(H,16,21). The van der Waals surface area contributed by atoms with Crippen molar-refractivity contribution >= 4 is 40.3 Å². The van der Waals surface area contributed by atoms with Crippen molar-refractivity contribution in [3.8, 4) is 0 Å². The first-order chi connectivity index (χ1) is 10.1. The highest BCUT2D eigenvalue weighted by Gasteiger charge is 2.15. The third kappa shape index (κ3) is 4.54. The fraction of sp³-hybridized carbons (Fsp3) is 0.500. The van der Waals surface area contributed by atoms with Gasteiger partial charge in [0.1, 0.15) is 0 Å². The van der Waals surface area contributed by atoms with E-state index in [4.69, 9.17) is 23.8 Å². The summed E-state index contributed by atoms with van der Waals surface area (Å²) in [5.74, 6) is 0. The van der Waals surface area contributed by atoms with Crippen molar-refractivity contribution in [2.75, 3.05) is 18.4 Å². The summed E-state index contributed by atoms with van der Waals surface area (Å²) >= 11 is 11.5. The van der Waals surface area contributed by atoms with Gasteiger partial charge in [-0.3, -0.25) is 10.1 Å². The molecule has 1 saturated heterocycles. The summed E-state index contributed by atoms with van der Waals surface area (Å²) in [4.78, 5) is 12.5. The van der Waals surface area contributed by atoms with Crippen LogP contribution in [0.5, 0.6) is 0 Å². The van der Waals surface area contributed by atoms with Gasteiger partial charge in [-0.2, -0.15) is 0 Å². The number of benzene rings is 1. The molecule has 7 heteroatoms. The number of nitro groups is 1. The van der Waals surface area contributed by atoms with E-state index < -0.39 is 4.92 Å². The number of non-ortho nitro benzene ring substituents is 1. The van der Waals surface area contributed by atoms with Gasteiger partial charge in [0, 0.05) is 25.2 Å². The van der Waals surface area contributed by atoms with Gasteiger partial charge in [-0.05, 0) is 31.1 Å². The van der Waals surface area contributed by atoms with Crippen molar-refractivity contribution < 1.29 is 4.92 Å². The molecule has 0 atom stereocenters. The molecule has 0 spiro atoms. The van der Waals surface area contributed by atoms with E-state index in [1.807, 2.05) is 0 Å². The Labute approximate surface area is 134 Å². The average Bonchev–Trinajstić information content (AvgIpc) is 2.40. The fourth-order valence-corrected chi connectivity index (χ4v) is 2.82. The van der Waals surface area contributed by atoms with E-state index >= 15 is 0 Å². The summed E-state index contributed by atoms with van der Waals surface area (Å²) in [5, 5.41) is 14.9. The lowest BCUT2D eigenvalue weighted by molar-refractivity contribution is -0.384. The van der Waals surface area contributed by atoms with Crippen LogP contribution in [0, 0.1) is 10.1 Å². The summed E-state index contributed by atoms with van der Waals surface area (Å²) in [5.41, 5.74) is 0.482. The Kier molecular flexibility index (Phi) is 5.76. The summed E-state index contributed by atoms with van der Waals surface area (Å²) in [6.07, 6.45) is 5.95. The van der Waals surface area contributed by atoms with Crippen molar-refractivity contribution in [3.63, 3.8) is 0 Å². The van der Waals surface area contributed by atoms with Crippen LogP contribution in [0.25, 0.3) is 0 Å². The highest BCUT2D eigenvalue weighted by Crippen LogP contribution is 2.27. The van der Waals surface area contributed by atoms with Crippen molar-refractivity contribution in [2.24, 2.45) is 0 Å². The number of hydrogen-bond donors (Lipinski definition) is 1. The Morgan fingerprint density at radius 1 is 1.24 bits per heavy atom. The second kappa shape index (κ2) is 7.56. The summed E-state index contributed by atoms with van der Waals surface area (Å²) in [6.45, 7) is 1.83. The Morgan fingerprint density at radius 2 is 1.86 bits per heavy atom. The molecule has 1 aromatic carbocycles. The Bertz CT molecular complexity index is 531. The summed E-state index contributed by atoms with van der Waals surface area (Å²) in [7, 11) is 0. The van der Waals surface area contributed by atoms with Gasteiger partial charge in [0.15, 0.2) is 5.11 Å². The highest BCUT2D eigenvalue weighted by atomic mass is 35.5. The molecule has 0 aromatic heterocycles. The van der Waals surface area contributed by atoms with Gasteiger partial charge in [0.25, 0.3) is 5.69 Å². The Hall–Kier alpha value is -1.40. The van der Waals surface area contributed by atoms with Crippen molar-refractivity contribution in [1.82, 2.24) is 4.90 Å². The Morgan fingerprint density at radius 3 is 2.48 bits per heavy atom. The molecule has 0 bridgehead atoms. The molecular weight excluding hydrogens is 310 g/mol. The van der Waals surface area contributed by atoms with Gasteiger partial charge >= 0.3 is 0 Å². The number of rotatable bonds is 2. The van der Waals surface area contributed by atoms with E-state index in [2.05, 4.69) is 10.2 Å². The van der Waals surface area contributed by atoms with E-state index in [-0.39, 0.29) is 5.69 Å². The van der Waals surface area contributed by atoms with Gasteiger partial charge in [0.2, 0.25) is 0 Å². The number of halogens is 1. The minimum atomic E-state index is -0.444. The van der Waals surface area contributed by atoms with Crippen LogP contribution in [0.1, 0.15) is 32.1 Å². The first kappa shape index (κ1) is 16.0. The van der Waals surface area contributed by atoms with Crippen LogP contribution >= 0.6 is 23.8 Å². The number of hydrogen-bond acceptors (Lipinski definition) is 3. The molecule has 2 rings (SSSR count). The number of nitrogens with one attached hydrogen (secondary N) is 1. The molecule has 1 aliphatic heterocycles. The Balaban J connectivity index is 2.07. The smallest absolute Gasteiger partial charge is 0.271 e. The van der Waals surface area contributed by atoms with Crippen molar-refractivity contribution in [1.29, 1.82) is 0 Å². The summed E-state index contributed by atoms with van der Waals surface area (Å²) in [6, 6.07) is 4.31. The monoisotopic (exact) mass is 327 g/mol. The molecule has 5 nitrogen and oxygen atoms in total. The van der Waals surface area contributed by atoms with Crippen LogP contribution in [0.15, 0.2) is 18.2 Å². The zero-order chi connectivity index (χ0) is 15.2. The van der Waals surface area contributed by atoms with E-state index in [1.165, 1.54) is 37.5 Å². The van der Waals surface area contributed by atoms with Crippen LogP contribution in [0.3, 0.4) is 0 Å². The molecule has 114 valence electrons. The quantitative estimate of drug-likeness (QED) is 0.501. The van der Waals surface area contributed by atoms with Gasteiger partial charge in [-0.1, -0.05) is 30.9 Å². The van der Waals surface area contributed by atoms with Crippen molar-refractivity contribution in [2.45, 2.75) is 32.1 Å². The molecule has 0 unspecified atom stereocenters. The van der Waals surface area contributed by atoms with E-state index in [0.29, 0.717) is 15.8 Å². The van der Waals surface area contributed by atoms with Gasteiger partial charge in [-0.15, -0.1) is 0 Å².